The van der Waals surface area contributed by atoms with E-state index >= 15 is 0 Å². The van der Waals surface area contributed by atoms with Gasteiger partial charge in [-0.15, -0.1) is 0 Å². The van der Waals surface area contributed by atoms with Crippen molar-refractivity contribution in [3.05, 3.63) is 24.0 Å². The second-order valence-corrected chi connectivity index (χ2v) is 4.38. The van der Waals surface area contributed by atoms with Crippen LogP contribution < -0.4 is 10.6 Å². The molecule has 0 aliphatic carbocycles. The highest BCUT2D eigenvalue weighted by molar-refractivity contribution is 5.53. The van der Waals surface area contributed by atoms with Crippen LogP contribution in [0.4, 0.5) is 5.82 Å². The monoisotopic (exact) mass is 217 g/mol. The second-order valence-electron chi connectivity index (χ2n) is 4.38. The highest BCUT2D eigenvalue weighted by atomic mass is 15.3. The number of hydrogen-bond donors (Lipinski definition) is 1. The van der Waals surface area contributed by atoms with Crippen molar-refractivity contribution in [3.63, 3.8) is 0 Å². The van der Waals surface area contributed by atoms with Crippen LogP contribution in [0, 0.1) is 6.92 Å². The van der Waals surface area contributed by atoms with Gasteiger partial charge in [0.15, 0.2) is 5.65 Å². The van der Waals surface area contributed by atoms with Crippen LogP contribution in [0.15, 0.2) is 18.5 Å². The number of anilines is 1. The first-order chi connectivity index (χ1) is 7.74. The summed E-state index contributed by atoms with van der Waals surface area (Å²) < 4.78 is 1.80. The Kier molecular flexibility index (Phi) is 2.07. The molecule has 0 aromatic carbocycles. The Balaban J connectivity index is 2.05. The van der Waals surface area contributed by atoms with Crippen LogP contribution in [-0.4, -0.2) is 33.7 Å². The maximum absolute atomic E-state index is 5.92. The van der Waals surface area contributed by atoms with Crippen molar-refractivity contribution in [1.29, 1.82) is 0 Å². The Bertz CT molecular complexity index is 518. The second kappa shape index (κ2) is 3.45. The van der Waals surface area contributed by atoms with E-state index in [1.165, 1.54) is 0 Å². The van der Waals surface area contributed by atoms with Gasteiger partial charge < -0.3 is 10.6 Å². The van der Waals surface area contributed by atoms with Crippen molar-refractivity contribution < 1.29 is 0 Å². The van der Waals surface area contributed by atoms with Gasteiger partial charge in [0.1, 0.15) is 5.82 Å². The third-order valence-corrected chi connectivity index (χ3v) is 3.06. The number of aryl methyl sites for hydroxylation is 1. The maximum Gasteiger partial charge on any atom is 0.157 e. The summed E-state index contributed by atoms with van der Waals surface area (Å²) in [7, 11) is 0. The summed E-state index contributed by atoms with van der Waals surface area (Å²) in [6, 6.07) is 2.20. The number of hydrogen-bond acceptors (Lipinski definition) is 4. The molecule has 0 unspecified atom stereocenters. The molecule has 2 aromatic heterocycles. The molecule has 1 aliphatic heterocycles. The van der Waals surface area contributed by atoms with Crippen LogP contribution in [0.25, 0.3) is 5.65 Å². The number of fused-ring (bicyclic) bond motifs is 1. The van der Waals surface area contributed by atoms with Crippen molar-refractivity contribution in [2.24, 2.45) is 5.73 Å². The van der Waals surface area contributed by atoms with Gasteiger partial charge in [0.05, 0.1) is 6.20 Å². The van der Waals surface area contributed by atoms with Gasteiger partial charge in [-0.05, 0) is 13.3 Å². The molecule has 1 saturated heterocycles. The number of nitrogens with zero attached hydrogens (tertiary/aromatic N) is 4. The van der Waals surface area contributed by atoms with Crippen molar-refractivity contribution in [1.82, 2.24) is 14.6 Å². The fraction of sp³-hybridized carbons (Fsp3) is 0.455. The smallest absolute Gasteiger partial charge is 0.157 e. The molecule has 5 nitrogen and oxygen atoms in total. The Hall–Kier alpha value is -1.62. The van der Waals surface area contributed by atoms with E-state index in [4.69, 9.17) is 5.73 Å². The van der Waals surface area contributed by atoms with Crippen LogP contribution >= 0.6 is 0 Å². The van der Waals surface area contributed by atoms with Gasteiger partial charge in [-0.3, -0.25) is 0 Å². The van der Waals surface area contributed by atoms with Gasteiger partial charge >= 0.3 is 0 Å². The van der Waals surface area contributed by atoms with Crippen LogP contribution in [0.1, 0.15) is 12.0 Å². The van der Waals surface area contributed by atoms with E-state index in [-0.39, 0.29) is 6.04 Å². The lowest BCUT2D eigenvalue weighted by atomic mass is 10.3. The summed E-state index contributed by atoms with van der Waals surface area (Å²) in [5.41, 5.74) is 7.95. The molecule has 5 heteroatoms. The molecule has 16 heavy (non-hydrogen) atoms. The normalized spacial score (nSPS) is 20.9. The minimum absolute atomic E-state index is 0.280. The van der Waals surface area contributed by atoms with Crippen molar-refractivity contribution >= 4 is 11.5 Å². The SMILES string of the molecule is Cc1cn2nccc2nc1N1CC[C@H](N)C1. The summed E-state index contributed by atoms with van der Waals surface area (Å²) in [6.45, 7) is 3.96. The molecule has 84 valence electrons. The van der Waals surface area contributed by atoms with E-state index in [0.717, 1.165) is 36.5 Å². The fourth-order valence-electron chi connectivity index (χ4n) is 2.23. The van der Waals surface area contributed by atoms with Gasteiger partial charge in [0.2, 0.25) is 0 Å². The first-order valence-corrected chi connectivity index (χ1v) is 5.55. The molecule has 0 radical (unpaired) electrons. The maximum atomic E-state index is 5.92. The predicted molar refractivity (Wildman–Crippen MR) is 62.5 cm³/mol. The Morgan fingerprint density at radius 3 is 3.12 bits per heavy atom. The average Bonchev–Trinajstić information content (AvgIpc) is 2.84. The predicted octanol–water partition coefficient (Wildman–Crippen LogP) is 0.575. The number of aromatic nitrogens is 3. The lowest BCUT2D eigenvalue weighted by molar-refractivity contribution is 0.751. The van der Waals surface area contributed by atoms with Crippen molar-refractivity contribution in [2.45, 2.75) is 19.4 Å². The van der Waals surface area contributed by atoms with Crippen LogP contribution in [-0.2, 0) is 0 Å². The van der Waals surface area contributed by atoms with E-state index in [2.05, 4.69) is 21.9 Å². The van der Waals surface area contributed by atoms with Crippen molar-refractivity contribution in [3.8, 4) is 0 Å². The molecule has 0 bridgehead atoms. The third kappa shape index (κ3) is 1.44. The standard InChI is InChI=1S/C11H15N5/c1-8-6-16-10(2-4-13-16)14-11(8)15-5-3-9(12)7-15/h2,4,6,9H,3,5,7,12H2,1H3/t9-/m0/s1. The van der Waals surface area contributed by atoms with E-state index in [0.29, 0.717) is 0 Å². The highest BCUT2D eigenvalue weighted by Gasteiger charge is 2.21. The van der Waals surface area contributed by atoms with Gasteiger partial charge in [0.25, 0.3) is 0 Å². The Labute approximate surface area is 93.9 Å². The van der Waals surface area contributed by atoms with Gasteiger partial charge in [0, 0.05) is 37.0 Å². The zero-order valence-corrected chi connectivity index (χ0v) is 9.30. The Morgan fingerprint density at radius 2 is 2.38 bits per heavy atom. The van der Waals surface area contributed by atoms with E-state index < -0.39 is 0 Å². The van der Waals surface area contributed by atoms with Gasteiger partial charge in [-0.25, -0.2) is 9.50 Å². The molecular weight excluding hydrogens is 202 g/mol. The van der Waals surface area contributed by atoms with Crippen LogP contribution in [0.5, 0.6) is 0 Å². The zero-order valence-electron chi connectivity index (χ0n) is 9.30. The average molecular weight is 217 g/mol. The third-order valence-electron chi connectivity index (χ3n) is 3.06. The largest absolute Gasteiger partial charge is 0.355 e. The van der Waals surface area contributed by atoms with E-state index in [1.54, 1.807) is 10.7 Å². The summed E-state index contributed by atoms with van der Waals surface area (Å²) in [6.07, 6.45) is 4.83. The summed E-state index contributed by atoms with van der Waals surface area (Å²) in [4.78, 5) is 6.88. The van der Waals surface area contributed by atoms with Gasteiger partial charge in [-0.1, -0.05) is 0 Å². The highest BCUT2D eigenvalue weighted by Crippen LogP contribution is 2.21. The summed E-state index contributed by atoms with van der Waals surface area (Å²) in [5, 5.41) is 4.17. The lowest BCUT2D eigenvalue weighted by Crippen LogP contribution is -2.27. The zero-order chi connectivity index (χ0) is 11.1. The molecule has 3 heterocycles. The molecule has 0 saturated carbocycles. The number of rotatable bonds is 1. The van der Waals surface area contributed by atoms with Crippen LogP contribution in [0.2, 0.25) is 0 Å². The van der Waals surface area contributed by atoms with E-state index in [1.807, 2.05) is 12.3 Å². The van der Waals surface area contributed by atoms with E-state index in [9.17, 15) is 0 Å². The minimum atomic E-state index is 0.280. The molecule has 3 rings (SSSR count). The molecule has 0 spiro atoms. The molecule has 2 N–H and O–H groups in total. The fourth-order valence-corrected chi connectivity index (χ4v) is 2.23. The van der Waals surface area contributed by atoms with Gasteiger partial charge in [-0.2, -0.15) is 5.10 Å². The molecule has 2 aromatic rings. The topological polar surface area (TPSA) is 59.5 Å². The first-order valence-electron chi connectivity index (χ1n) is 5.55. The summed E-state index contributed by atoms with van der Waals surface area (Å²) >= 11 is 0. The molecule has 1 atom stereocenters. The minimum Gasteiger partial charge on any atom is -0.355 e. The number of nitrogens with two attached hydrogens (primary N) is 1. The molecule has 1 fully saturated rings. The lowest BCUT2D eigenvalue weighted by Gasteiger charge is -2.19. The molecular formula is C11H15N5. The molecule has 1 aliphatic rings. The van der Waals surface area contributed by atoms with Crippen molar-refractivity contribution in [2.75, 3.05) is 18.0 Å². The molecule has 0 amide bonds. The van der Waals surface area contributed by atoms with Crippen LogP contribution in [0.3, 0.4) is 0 Å². The Morgan fingerprint density at radius 1 is 1.50 bits per heavy atom. The first kappa shape index (κ1) is 9.59. The quantitative estimate of drug-likeness (QED) is 0.759. The summed E-state index contributed by atoms with van der Waals surface area (Å²) in [5.74, 6) is 1.04.